The second kappa shape index (κ2) is 6.02. The van der Waals surface area contributed by atoms with Crippen molar-refractivity contribution in [2.45, 2.75) is 24.9 Å². The van der Waals surface area contributed by atoms with Crippen LogP contribution in [0.2, 0.25) is 0 Å². The molecule has 0 atom stereocenters. The van der Waals surface area contributed by atoms with Crippen LogP contribution in [-0.2, 0) is 4.79 Å². The molecule has 0 aliphatic rings. The molecule has 19 heavy (non-hydrogen) atoms. The summed E-state index contributed by atoms with van der Waals surface area (Å²) in [5.41, 5.74) is 0. The molecule has 0 unspecified atom stereocenters. The molecular formula is C14H17N3OS. The Labute approximate surface area is 117 Å². The van der Waals surface area contributed by atoms with Crippen molar-refractivity contribution in [3.8, 4) is 0 Å². The van der Waals surface area contributed by atoms with E-state index in [9.17, 15) is 4.79 Å². The molecule has 1 heterocycles. The summed E-state index contributed by atoms with van der Waals surface area (Å²) in [4.78, 5) is 13.7. The van der Waals surface area contributed by atoms with Gasteiger partial charge in [-0.25, -0.2) is 0 Å². The second-order valence-electron chi connectivity index (χ2n) is 4.62. The molecule has 0 aliphatic carbocycles. The van der Waals surface area contributed by atoms with E-state index in [0.717, 1.165) is 15.8 Å². The fraction of sp³-hybridized carbons (Fsp3) is 0.357. The lowest BCUT2D eigenvalue weighted by Gasteiger charge is -2.21. The molecule has 2 rings (SSSR count). The maximum absolute atomic E-state index is 12.0. The lowest BCUT2D eigenvalue weighted by Crippen LogP contribution is -2.34. The number of thioether (sulfide) groups is 1. The Morgan fingerprint density at radius 1 is 1.37 bits per heavy atom. The predicted octanol–water partition coefficient (Wildman–Crippen LogP) is 2.59. The van der Waals surface area contributed by atoms with E-state index >= 15 is 0 Å². The highest BCUT2D eigenvalue weighted by atomic mass is 32.2. The zero-order valence-corrected chi connectivity index (χ0v) is 12.1. The number of hydrogen-bond acceptors (Lipinski definition) is 4. The summed E-state index contributed by atoms with van der Waals surface area (Å²) in [6.07, 6.45) is 1.74. The standard InChI is InChI=1S/C14H17N3OS/c1-10(2)17(3)13(18)9-19-14-12-7-5-4-6-11(12)8-15-16-14/h4-8,10H,9H2,1-3H3. The number of carbonyl (C=O) groups excluding carboxylic acids is 1. The Morgan fingerprint density at radius 2 is 2.11 bits per heavy atom. The topological polar surface area (TPSA) is 46.1 Å². The summed E-state index contributed by atoms with van der Waals surface area (Å²) in [6.45, 7) is 4.00. The van der Waals surface area contributed by atoms with Crippen LogP contribution in [0.3, 0.4) is 0 Å². The molecule has 1 aromatic carbocycles. The summed E-state index contributed by atoms with van der Waals surface area (Å²) in [6, 6.07) is 8.15. The van der Waals surface area contributed by atoms with Gasteiger partial charge in [-0.15, -0.1) is 5.10 Å². The number of fused-ring (bicyclic) bond motifs is 1. The fourth-order valence-electron chi connectivity index (χ4n) is 1.63. The summed E-state index contributed by atoms with van der Waals surface area (Å²) in [5, 5.41) is 11.0. The van der Waals surface area contributed by atoms with Crippen molar-refractivity contribution >= 4 is 28.4 Å². The maximum Gasteiger partial charge on any atom is 0.232 e. The van der Waals surface area contributed by atoms with E-state index in [0.29, 0.717) is 5.75 Å². The molecule has 5 heteroatoms. The van der Waals surface area contributed by atoms with Gasteiger partial charge in [-0.1, -0.05) is 36.0 Å². The van der Waals surface area contributed by atoms with Crippen LogP contribution in [0.4, 0.5) is 0 Å². The van der Waals surface area contributed by atoms with E-state index < -0.39 is 0 Å². The Morgan fingerprint density at radius 3 is 2.84 bits per heavy atom. The molecule has 2 aromatic rings. The molecule has 0 aliphatic heterocycles. The molecule has 1 aromatic heterocycles. The van der Waals surface area contributed by atoms with E-state index in [2.05, 4.69) is 10.2 Å². The monoisotopic (exact) mass is 275 g/mol. The van der Waals surface area contributed by atoms with Crippen LogP contribution >= 0.6 is 11.8 Å². The van der Waals surface area contributed by atoms with E-state index in [1.807, 2.05) is 45.2 Å². The van der Waals surface area contributed by atoms with Crippen molar-refractivity contribution in [1.82, 2.24) is 15.1 Å². The van der Waals surface area contributed by atoms with Crippen molar-refractivity contribution in [1.29, 1.82) is 0 Å². The largest absolute Gasteiger partial charge is 0.343 e. The van der Waals surface area contributed by atoms with Crippen molar-refractivity contribution in [3.63, 3.8) is 0 Å². The molecule has 0 saturated heterocycles. The van der Waals surface area contributed by atoms with Gasteiger partial charge in [0.15, 0.2) is 0 Å². The van der Waals surface area contributed by atoms with Crippen molar-refractivity contribution < 1.29 is 4.79 Å². The van der Waals surface area contributed by atoms with E-state index in [4.69, 9.17) is 0 Å². The summed E-state index contributed by atoms with van der Waals surface area (Å²) in [7, 11) is 1.82. The fourth-order valence-corrected chi connectivity index (χ4v) is 2.54. The molecule has 0 radical (unpaired) electrons. The normalized spacial score (nSPS) is 10.9. The highest BCUT2D eigenvalue weighted by Gasteiger charge is 2.13. The second-order valence-corrected chi connectivity index (χ2v) is 5.59. The van der Waals surface area contributed by atoms with Crippen LogP contribution in [-0.4, -0.2) is 39.8 Å². The maximum atomic E-state index is 12.0. The van der Waals surface area contributed by atoms with Crippen molar-refractivity contribution in [2.75, 3.05) is 12.8 Å². The first-order valence-corrected chi connectivity index (χ1v) is 7.17. The number of amides is 1. The lowest BCUT2D eigenvalue weighted by atomic mass is 10.2. The van der Waals surface area contributed by atoms with Crippen molar-refractivity contribution in [2.24, 2.45) is 0 Å². The molecular weight excluding hydrogens is 258 g/mol. The van der Waals surface area contributed by atoms with Gasteiger partial charge >= 0.3 is 0 Å². The molecule has 100 valence electrons. The zero-order valence-electron chi connectivity index (χ0n) is 11.3. The average molecular weight is 275 g/mol. The third kappa shape index (κ3) is 3.23. The van der Waals surface area contributed by atoms with E-state index in [1.54, 1.807) is 11.1 Å². The van der Waals surface area contributed by atoms with Gasteiger partial charge in [0.2, 0.25) is 5.91 Å². The van der Waals surface area contributed by atoms with Gasteiger partial charge in [-0.2, -0.15) is 5.10 Å². The SMILES string of the molecule is CC(C)N(C)C(=O)CSc1nncc2ccccc12. The summed E-state index contributed by atoms with van der Waals surface area (Å²) < 4.78 is 0. The smallest absolute Gasteiger partial charge is 0.232 e. The van der Waals surface area contributed by atoms with Crippen LogP contribution in [0.5, 0.6) is 0 Å². The summed E-state index contributed by atoms with van der Waals surface area (Å²) >= 11 is 1.44. The highest BCUT2D eigenvalue weighted by Crippen LogP contribution is 2.24. The number of benzene rings is 1. The number of aromatic nitrogens is 2. The predicted molar refractivity (Wildman–Crippen MR) is 78.2 cm³/mol. The van der Waals surface area contributed by atoms with Crippen LogP contribution < -0.4 is 0 Å². The minimum atomic E-state index is 0.106. The van der Waals surface area contributed by atoms with Gasteiger partial charge in [-0.3, -0.25) is 4.79 Å². The minimum absolute atomic E-state index is 0.106. The van der Waals surface area contributed by atoms with Crippen LogP contribution in [0.15, 0.2) is 35.5 Å². The molecule has 0 N–H and O–H groups in total. The molecule has 1 amide bonds. The third-order valence-corrected chi connectivity index (χ3v) is 4.00. The van der Waals surface area contributed by atoms with Crippen LogP contribution in [0, 0.1) is 0 Å². The average Bonchev–Trinajstić information content (AvgIpc) is 2.43. The first-order valence-electron chi connectivity index (χ1n) is 6.18. The number of nitrogens with zero attached hydrogens (tertiary/aromatic N) is 3. The van der Waals surface area contributed by atoms with Gasteiger partial charge < -0.3 is 4.90 Å². The number of carbonyl (C=O) groups is 1. The first kappa shape index (κ1) is 13.8. The molecule has 0 fully saturated rings. The Bertz CT molecular complexity index is 580. The molecule has 0 spiro atoms. The quantitative estimate of drug-likeness (QED) is 0.805. The summed E-state index contributed by atoms with van der Waals surface area (Å²) in [5.74, 6) is 0.493. The van der Waals surface area contributed by atoms with Gasteiger partial charge in [-0.05, 0) is 13.8 Å². The molecule has 0 bridgehead atoms. The first-order chi connectivity index (χ1) is 9.09. The van der Waals surface area contributed by atoms with Crippen LogP contribution in [0.1, 0.15) is 13.8 Å². The Kier molecular flexibility index (Phi) is 4.37. The molecule has 4 nitrogen and oxygen atoms in total. The van der Waals surface area contributed by atoms with Gasteiger partial charge in [0, 0.05) is 23.9 Å². The molecule has 0 saturated carbocycles. The Balaban J connectivity index is 2.12. The third-order valence-electron chi connectivity index (χ3n) is 3.04. The zero-order chi connectivity index (χ0) is 13.8. The van der Waals surface area contributed by atoms with Crippen LogP contribution in [0.25, 0.3) is 10.8 Å². The lowest BCUT2D eigenvalue weighted by molar-refractivity contribution is -0.128. The number of hydrogen-bond donors (Lipinski definition) is 0. The van der Waals surface area contributed by atoms with E-state index in [1.165, 1.54) is 11.8 Å². The van der Waals surface area contributed by atoms with Crippen molar-refractivity contribution in [3.05, 3.63) is 30.5 Å². The van der Waals surface area contributed by atoms with Gasteiger partial charge in [0.25, 0.3) is 0 Å². The van der Waals surface area contributed by atoms with Gasteiger partial charge in [0.1, 0.15) is 5.03 Å². The Hall–Kier alpha value is -1.62. The minimum Gasteiger partial charge on any atom is -0.343 e. The highest BCUT2D eigenvalue weighted by molar-refractivity contribution is 8.00. The van der Waals surface area contributed by atoms with E-state index in [-0.39, 0.29) is 11.9 Å². The van der Waals surface area contributed by atoms with Gasteiger partial charge in [0.05, 0.1) is 11.9 Å². The number of rotatable bonds is 4.